The summed E-state index contributed by atoms with van der Waals surface area (Å²) in [6, 6.07) is 5.26. The smallest absolute Gasteiger partial charge is 0.349 e. The number of rotatable bonds is 3. The van der Waals surface area contributed by atoms with Crippen LogP contribution in [0.3, 0.4) is 0 Å². The van der Waals surface area contributed by atoms with E-state index < -0.39 is 11.9 Å². The van der Waals surface area contributed by atoms with Crippen LogP contribution in [0, 0.1) is 0 Å². The first-order chi connectivity index (χ1) is 7.60. The van der Waals surface area contributed by atoms with Gasteiger partial charge in [0.2, 0.25) is 0 Å². The maximum Gasteiger partial charge on any atom is 0.349 e. The van der Waals surface area contributed by atoms with E-state index in [9.17, 15) is 9.59 Å². The second kappa shape index (κ2) is 5.30. The van der Waals surface area contributed by atoms with Gasteiger partial charge in [0.05, 0.1) is 7.11 Å². The Morgan fingerprint density at radius 1 is 1.31 bits per heavy atom. The summed E-state index contributed by atoms with van der Waals surface area (Å²) in [6.07, 6.45) is 0.666. The van der Waals surface area contributed by atoms with Gasteiger partial charge < -0.3 is 9.47 Å². The molecule has 0 unspecified atom stereocenters. The van der Waals surface area contributed by atoms with Crippen LogP contribution in [0.2, 0.25) is 0 Å². The number of ether oxygens (including phenoxy) is 2. The van der Waals surface area contributed by atoms with E-state index >= 15 is 0 Å². The third kappa shape index (κ3) is 2.59. The Bertz CT molecular complexity index is 387. The van der Waals surface area contributed by atoms with Gasteiger partial charge in [-0.25, -0.2) is 4.79 Å². The van der Waals surface area contributed by atoms with Crippen LogP contribution in [-0.2, 0) is 16.0 Å². The van der Waals surface area contributed by atoms with Crippen molar-refractivity contribution in [1.82, 2.24) is 0 Å². The van der Waals surface area contributed by atoms with Gasteiger partial charge in [-0.05, 0) is 18.1 Å². The van der Waals surface area contributed by atoms with Crippen LogP contribution in [0.1, 0.15) is 29.8 Å². The van der Waals surface area contributed by atoms with Crippen molar-refractivity contribution in [2.45, 2.75) is 20.3 Å². The summed E-state index contributed by atoms with van der Waals surface area (Å²) in [5.41, 5.74) is 1.12. The standard InChI is InChI=1S/C12H14O4/c1-4-9-6-5-7-10(15-3)11(9)12(14)16-8(2)13/h5-7H,4H2,1-3H3. The first-order valence-corrected chi connectivity index (χ1v) is 4.98. The van der Waals surface area contributed by atoms with E-state index in [2.05, 4.69) is 4.74 Å². The lowest BCUT2D eigenvalue weighted by molar-refractivity contribution is -0.135. The van der Waals surface area contributed by atoms with Crippen molar-refractivity contribution in [3.63, 3.8) is 0 Å². The molecule has 0 saturated heterocycles. The highest BCUT2D eigenvalue weighted by atomic mass is 16.6. The predicted molar refractivity (Wildman–Crippen MR) is 58.5 cm³/mol. The summed E-state index contributed by atoms with van der Waals surface area (Å²) in [4.78, 5) is 22.4. The fourth-order valence-corrected chi connectivity index (χ4v) is 1.45. The van der Waals surface area contributed by atoms with Gasteiger partial charge in [0.1, 0.15) is 11.3 Å². The average molecular weight is 222 g/mol. The van der Waals surface area contributed by atoms with E-state index in [1.807, 2.05) is 6.92 Å². The highest BCUT2D eigenvalue weighted by Gasteiger charge is 2.18. The minimum Gasteiger partial charge on any atom is -0.496 e. The number of hydrogen-bond donors (Lipinski definition) is 0. The summed E-state index contributed by atoms with van der Waals surface area (Å²) in [7, 11) is 1.47. The maximum absolute atomic E-state index is 11.7. The van der Waals surface area contributed by atoms with Crippen molar-refractivity contribution in [2.24, 2.45) is 0 Å². The Morgan fingerprint density at radius 3 is 2.50 bits per heavy atom. The number of aryl methyl sites for hydroxylation is 1. The fraction of sp³-hybridized carbons (Fsp3) is 0.333. The summed E-state index contributed by atoms with van der Waals surface area (Å²) >= 11 is 0. The van der Waals surface area contributed by atoms with Crippen LogP contribution in [0.4, 0.5) is 0 Å². The molecule has 0 aliphatic heterocycles. The molecule has 1 aromatic rings. The molecule has 0 saturated carbocycles. The van der Waals surface area contributed by atoms with E-state index in [0.717, 1.165) is 5.56 Å². The van der Waals surface area contributed by atoms with E-state index in [1.54, 1.807) is 18.2 Å². The Kier molecular flexibility index (Phi) is 4.05. The quantitative estimate of drug-likeness (QED) is 0.579. The van der Waals surface area contributed by atoms with Crippen LogP contribution in [-0.4, -0.2) is 19.0 Å². The number of hydrogen-bond acceptors (Lipinski definition) is 4. The minimum atomic E-state index is -0.665. The molecule has 4 heteroatoms. The number of carbonyl (C=O) groups excluding carboxylic acids is 2. The minimum absolute atomic E-state index is 0.322. The molecule has 0 radical (unpaired) electrons. The second-order valence-electron chi connectivity index (χ2n) is 3.23. The van der Waals surface area contributed by atoms with E-state index in [-0.39, 0.29) is 0 Å². The van der Waals surface area contributed by atoms with Gasteiger partial charge in [-0.3, -0.25) is 4.79 Å². The lowest BCUT2D eigenvalue weighted by atomic mass is 10.0. The van der Waals surface area contributed by atoms with Crippen LogP contribution < -0.4 is 4.74 Å². The van der Waals surface area contributed by atoms with Crippen molar-refractivity contribution >= 4 is 11.9 Å². The zero-order valence-corrected chi connectivity index (χ0v) is 9.57. The molecule has 0 N–H and O–H groups in total. The van der Waals surface area contributed by atoms with Gasteiger partial charge in [0.15, 0.2) is 0 Å². The maximum atomic E-state index is 11.7. The molecule has 0 aliphatic carbocycles. The molecule has 0 bridgehead atoms. The van der Waals surface area contributed by atoms with E-state index in [4.69, 9.17) is 4.74 Å². The summed E-state index contributed by atoms with van der Waals surface area (Å²) < 4.78 is 9.64. The first kappa shape index (κ1) is 12.2. The van der Waals surface area contributed by atoms with Gasteiger partial charge in [0.25, 0.3) is 0 Å². The van der Waals surface area contributed by atoms with Crippen LogP contribution in [0.5, 0.6) is 5.75 Å². The Hall–Kier alpha value is -1.84. The molecule has 0 aliphatic rings. The first-order valence-electron chi connectivity index (χ1n) is 4.98. The van der Waals surface area contributed by atoms with Crippen LogP contribution >= 0.6 is 0 Å². The molecule has 1 rings (SSSR count). The SMILES string of the molecule is CCc1cccc(OC)c1C(=O)OC(C)=O. The average Bonchev–Trinajstić information content (AvgIpc) is 2.26. The molecule has 86 valence electrons. The third-order valence-corrected chi connectivity index (χ3v) is 2.15. The van der Waals surface area contributed by atoms with E-state index in [1.165, 1.54) is 14.0 Å². The van der Waals surface area contributed by atoms with Gasteiger partial charge in [-0.2, -0.15) is 0 Å². The molecule has 0 atom stereocenters. The lowest BCUT2D eigenvalue weighted by Crippen LogP contribution is -2.13. The number of methoxy groups -OCH3 is 1. The van der Waals surface area contributed by atoms with Crippen LogP contribution in [0.15, 0.2) is 18.2 Å². The van der Waals surface area contributed by atoms with Gasteiger partial charge >= 0.3 is 11.9 Å². The monoisotopic (exact) mass is 222 g/mol. The van der Waals surface area contributed by atoms with Crippen LogP contribution in [0.25, 0.3) is 0 Å². The number of carbonyl (C=O) groups is 2. The third-order valence-electron chi connectivity index (χ3n) is 2.15. The molecular formula is C12H14O4. The van der Waals surface area contributed by atoms with Crippen molar-refractivity contribution in [1.29, 1.82) is 0 Å². The second-order valence-corrected chi connectivity index (χ2v) is 3.23. The Labute approximate surface area is 94.2 Å². The van der Waals surface area contributed by atoms with Gasteiger partial charge in [0, 0.05) is 6.92 Å². The lowest BCUT2D eigenvalue weighted by Gasteiger charge is -2.10. The molecule has 0 amide bonds. The molecule has 0 aromatic heterocycles. The normalized spacial score (nSPS) is 9.69. The topological polar surface area (TPSA) is 52.6 Å². The largest absolute Gasteiger partial charge is 0.496 e. The Balaban J connectivity index is 3.17. The molecule has 4 nitrogen and oxygen atoms in total. The highest BCUT2D eigenvalue weighted by Crippen LogP contribution is 2.23. The zero-order chi connectivity index (χ0) is 12.1. The number of benzene rings is 1. The molecular weight excluding hydrogens is 208 g/mol. The molecule has 1 aromatic carbocycles. The van der Waals surface area contributed by atoms with Gasteiger partial charge in [-0.15, -0.1) is 0 Å². The predicted octanol–water partition coefficient (Wildman–Crippen LogP) is 1.96. The van der Waals surface area contributed by atoms with Crippen molar-refractivity contribution in [2.75, 3.05) is 7.11 Å². The summed E-state index contributed by atoms with van der Waals surface area (Å²) in [5, 5.41) is 0. The van der Waals surface area contributed by atoms with Crippen molar-refractivity contribution in [3.8, 4) is 5.75 Å². The fourth-order valence-electron chi connectivity index (χ4n) is 1.45. The Morgan fingerprint density at radius 2 is 2.00 bits per heavy atom. The number of esters is 2. The van der Waals surface area contributed by atoms with E-state index in [0.29, 0.717) is 17.7 Å². The molecule has 0 spiro atoms. The molecule has 0 heterocycles. The summed E-state index contributed by atoms with van der Waals surface area (Å²) in [6.45, 7) is 3.11. The highest BCUT2D eigenvalue weighted by molar-refractivity contribution is 5.99. The van der Waals surface area contributed by atoms with Crippen molar-refractivity contribution in [3.05, 3.63) is 29.3 Å². The molecule has 0 fully saturated rings. The van der Waals surface area contributed by atoms with Gasteiger partial charge in [-0.1, -0.05) is 19.1 Å². The molecule has 16 heavy (non-hydrogen) atoms. The summed E-state index contributed by atoms with van der Waals surface area (Å²) in [5.74, 6) is -0.870. The van der Waals surface area contributed by atoms with Crippen molar-refractivity contribution < 1.29 is 19.1 Å². The zero-order valence-electron chi connectivity index (χ0n) is 9.57.